The highest BCUT2D eigenvalue weighted by molar-refractivity contribution is 7.88. The van der Waals surface area contributed by atoms with E-state index in [4.69, 9.17) is 0 Å². The molecular formula is C11H18N2O2S2. The van der Waals surface area contributed by atoms with E-state index in [1.807, 2.05) is 0 Å². The van der Waals surface area contributed by atoms with Crippen molar-refractivity contribution in [1.29, 1.82) is 0 Å². The fourth-order valence-corrected chi connectivity index (χ4v) is 3.72. The fourth-order valence-electron chi connectivity index (χ4n) is 2.01. The second-order valence-corrected chi connectivity index (χ2v) is 7.46. The van der Waals surface area contributed by atoms with Gasteiger partial charge in [-0.1, -0.05) is 0 Å². The molecule has 6 heteroatoms. The number of fused-ring (bicyclic) bond motifs is 1. The zero-order valence-corrected chi connectivity index (χ0v) is 11.7. The molecule has 96 valence electrons. The third-order valence-electron chi connectivity index (χ3n) is 2.82. The molecule has 1 heterocycles. The number of rotatable bonds is 5. The van der Waals surface area contributed by atoms with E-state index in [0.717, 1.165) is 24.3 Å². The number of aromatic nitrogens is 1. The van der Waals surface area contributed by atoms with Crippen LogP contribution in [-0.4, -0.2) is 26.2 Å². The third-order valence-corrected chi connectivity index (χ3v) is 4.77. The molecule has 0 unspecified atom stereocenters. The van der Waals surface area contributed by atoms with Gasteiger partial charge in [-0.05, 0) is 32.1 Å². The largest absolute Gasteiger partial charge is 0.246 e. The van der Waals surface area contributed by atoms with Gasteiger partial charge in [0.2, 0.25) is 10.0 Å². The maximum Gasteiger partial charge on any atom is 0.208 e. The van der Waals surface area contributed by atoms with Crippen LogP contribution in [-0.2, 0) is 29.3 Å². The Balaban J connectivity index is 1.81. The molecule has 0 spiro atoms. The third kappa shape index (κ3) is 4.04. The summed E-state index contributed by atoms with van der Waals surface area (Å²) in [6, 6.07) is 0. The Hall–Kier alpha value is -0.460. The lowest BCUT2D eigenvalue weighted by atomic mass is 10.0. The van der Waals surface area contributed by atoms with Gasteiger partial charge in [0.15, 0.2) is 0 Å². The van der Waals surface area contributed by atoms with Crippen molar-refractivity contribution in [3.8, 4) is 0 Å². The van der Waals surface area contributed by atoms with Crippen LogP contribution in [0.3, 0.4) is 0 Å². The van der Waals surface area contributed by atoms with Crippen LogP contribution in [0.5, 0.6) is 0 Å². The second-order valence-electron chi connectivity index (χ2n) is 4.45. The van der Waals surface area contributed by atoms with Crippen LogP contribution in [0, 0.1) is 0 Å². The van der Waals surface area contributed by atoms with E-state index in [9.17, 15) is 8.42 Å². The molecule has 0 saturated carbocycles. The van der Waals surface area contributed by atoms with Crippen molar-refractivity contribution in [2.45, 2.75) is 38.5 Å². The lowest BCUT2D eigenvalue weighted by molar-refractivity contribution is 0.585. The van der Waals surface area contributed by atoms with E-state index in [1.165, 1.54) is 36.1 Å². The molecule has 1 aliphatic rings. The maximum atomic E-state index is 10.9. The second kappa shape index (κ2) is 5.46. The van der Waals surface area contributed by atoms with Crippen LogP contribution in [0.2, 0.25) is 0 Å². The van der Waals surface area contributed by atoms with Gasteiger partial charge in [0.25, 0.3) is 0 Å². The quantitative estimate of drug-likeness (QED) is 0.828. The first-order valence-corrected chi connectivity index (χ1v) is 8.67. The SMILES string of the molecule is CS(=O)(=O)NCCCc1nc2c(s1)CCCC2. The van der Waals surface area contributed by atoms with Crippen LogP contribution in [0.25, 0.3) is 0 Å². The number of nitrogens with one attached hydrogen (secondary N) is 1. The molecule has 1 aromatic heterocycles. The molecule has 0 bridgehead atoms. The van der Waals surface area contributed by atoms with E-state index in [0.29, 0.717) is 6.54 Å². The molecule has 1 aliphatic carbocycles. The summed E-state index contributed by atoms with van der Waals surface area (Å²) in [7, 11) is -3.05. The lowest BCUT2D eigenvalue weighted by Gasteiger charge is -2.06. The highest BCUT2D eigenvalue weighted by Crippen LogP contribution is 2.27. The Morgan fingerprint density at radius 2 is 2.12 bits per heavy atom. The normalized spacial score (nSPS) is 15.8. The average Bonchev–Trinajstić information content (AvgIpc) is 2.65. The summed E-state index contributed by atoms with van der Waals surface area (Å²) in [5, 5.41) is 1.16. The van der Waals surface area contributed by atoms with Crippen molar-refractivity contribution >= 4 is 21.4 Å². The molecule has 4 nitrogen and oxygen atoms in total. The molecule has 17 heavy (non-hydrogen) atoms. The number of hydrogen-bond donors (Lipinski definition) is 1. The smallest absolute Gasteiger partial charge is 0.208 e. The summed E-state index contributed by atoms with van der Waals surface area (Å²) in [6.07, 6.45) is 7.72. The van der Waals surface area contributed by atoms with E-state index < -0.39 is 10.0 Å². The molecule has 0 aromatic carbocycles. The van der Waals surface area contributed by atoms with Crippen LogP contribution < -0.4 is 4.72 Å². The predicted molar refractivity (Wildman–Crippen MR) is 69.9 cm³/mol. The van der Waals surface area contributed by atoms with Gasteiger partial charge >= 0.3 is 0 Å². The fraction of sp³-hybridized carbons (Fsp3) is 0.727. The van der Waals surface area contributed by atoms with E-state index in [2.05, 4.69) is 9.71 Å². The number of hydrogen-bond acceptors (Lipinski definition) is 4. The van der Waals surface area contributed by atoms with Crippen molar-refractivity contribution in [2.75, 3.05) is 12.8 Å². The van der Waals surface area contributed by atoms with Gasteiger partial charge in [-0.3, -0.25) is 0 Å². The van der Waals surface area contributed by atoms with Gasteiger partial charge in [0.05, 0.1) is 17.0 Å². The summed E-state index contributed by atoms with van der Waals surface area (Å²) in [5.41, 5.74) is 1.28. The monoisotopic (exact) mass is 274 g/mol. The first-order chi connectivity index (χ1) is 8.04. The van der Waals surface area contributed by atoms with Gasteiger partial charge in [0.1, 0.15) is 0 Å². The maximum absolute atomic E-state index is 10.9. The molecule has 2 rings (SSSR count). The highest BCUT2D eigenvalue weighted by Gasteiger charge is 2.14. The summed E-state index contributed by atoms with van der Waals surface area (Å²) in [4.78, 5) is 6.07. The molecule has 1 aromatic rings. The Kier molecular flexibility index (Phi) is 4.17. The summed E-state index contributed by atoms with van der Waals surface area (Å²) in [6.45, 7) is 0.503. The molecule has 0 radical (unpaired) electrons. The first kappa shape index (κ1) is 13.0. The number of nitrogens with zero attached hydrogens (tertiary/aromatic N) is 1. The highest BCUT2D eigenvalue weighted by atomic mass is 32.2. The van der Waals surface area contributed by atoms with Gasteiger partial charge < -0.3 is 0 Å². The Labute approximate surface area is 107 Å². The van der Waals surface area contributed by atoms with Gasteiger partial charge in [-0.25, -0.2) is 18.1 Å². The van der Waals surface area contributed by atoms with Gasteiger partial charge in [0, 0.05) is 17.8 Å². The lowest BCUT2D eigenvalue weighted by Crippen LogP contribution is -2.23. The van der Waals surface area contributed by atoms with Crippen LogP contribution in [0.1, 0.15) is 34.8 Å². The van der Waals surface area contributed by atoms with Crippen molar-refractivity contribution in [3.63, 3.8) is 0 Å². The predicted octanol–water partition coefficient (Wildman–Crippen LogP) is 1.50. The molecular weight excluding hydrogens is 256 g/mol. The minimum absolute atomic E-state index is 0.503. The van der Waals surface area contributed by atoms with Crippen molar-refractivity contribution in [1.82, 2.24) is 9.71 Å². The average molecular weight is 274 g/mol. The van der Waals surface area contributed by atoms with Crippen LogP contribution in [0.15, 0.2) is 0 Å². The zero-order valence-electron chi connectivity index (χ0n) is 10.0. The molecule has 0 saturated heterocycles. The zero-order chi connectivity index (χ0) is 12.3. The molecule has 0 amide bonds. The molecule has 0 aliphatic heterocycles. The molecule has 0 fully saturated rings. The number of sulfonamides is 1. The first-order valence-electron chi connectivity index (χ1n) is 5.97. The minimum Gasteiger partial charge on any atom is -0.246 e. The Morgan fingerprint density at radius 3 is 2.82 bits per heavy atom. The van der Waals surface area contributed by atoms with E-state index in [-0.39, 0.29) is 0 Å². The van der Waals surface area contributed by atoms with Crippen LogP contribution >= 0.6 is 11.3 Å². The van der Waals surface area contributed by atoms with Crippen molar-refractivity contribution in [3.05, 3.63) is 15.6 Å². The van der Waals surface area contributed by atoms with Crippen molar-refractivity contribution in [2.24, 2.45) is 0 Å². The van der Waals surface area contributed by atoms with Crippen LogP contribution in [0.4, 0.5) is 0 Å². The van der Waals surface area contributed by atoms with Crippen molar-refractivity contribution < 1.29 is 8.42 Å². The minimum atomic E-state index is -3.05. The summed E-state index contributed by atoms with van der Waals surface area (Å²) < 4.78 is 24.3. The topological polar surface area (TPSA) is 59.1 Å². The van der Waals surface area contributed by atoms with E-state index >= 15 is 0 Å². The Morgan fingerprint density at radius 1 is 1.35 bits per heavy atom. The van der Waals surface area contributed by atoms with E-state index in [1.54, 1.807) is 11.3 Å². The summed E-state index contributed by atoms with van der Waals surface area (Å²) in [5.74, 6) is 0. The number of aryl methyl sites for hydroxylation is 3. The summed E-state index contributed by atoms with van der Waals surface area (Å²) >= 11 is 1.80. The van der Waals surface area contributed by atoms with Gasteiger partial charge in [-0.2, -0.15) is 0 Å². The number of thiazole rings is 1. The molecule has 0 atom stereocenters. The Bertz CT molecular complexity index is 456. The molecule has 1 N–H and O–H groups in total. The van der Waals surface area contributed by atoms with Gasteiger partial charge in [-0.15, -0.1) is 11.3 Å². The standard InChI is InChI=1S/C11H18N2O2S2/c1-17(14,15)12-8-4-7-11-13-9-5-2-3-6-10(9)16-11/h12H,2-8H2,1H3.